The molecule has 2 heterocycles. The number of carbonyl (C=O) groups excluding carboxylic acids is 2. The van der Waals surface area contributed by atoms with Crippen molar-refractivity contribution in [2.75, 3.05) is 19.8 Å². The van der Waals surface area contributed by atoms with E-state index in [0.29, 0.717) is 36.1 Å². The molecule has 1 aliphatic carbocycles. The Kier molecular flexibility index (Phi) is 5.66. The number of carbonyl (C=O) groups is 2. The van der Waals surface area contributed by atoms with Gasteiger partial charge >= 0.3 is 5.97 Å². The maximum Gasteiger partial charge on any atom is 0.326 e. The second-order valence-corrected chi connectivity index (χ2v) is 8.03. The number of nitrogens with zero attached hydrogens (tertiary/aromatic N) is 2. The van der Waals surface area contributed by atoms with E-state index in [1.165, 1.54) is 17.8 Å². The molecule has 0 radical (unpaired) electrons. The van der Waals surface area contributed by atoms with Crippen molar-refractivity contribution >= 4 is 33.4 Å². The average Bonchev–Trinajstić information content (AvgIpc) is 3.03. The smallest absolute Gasteiger partial charge is 0.326 e. The second kappa shape index (κ2) is 8.34. The van der Waals surface area contributed by atoms with E-state index < -0.39 is 0 Å². The summed E-state index contributed by atoms with van der Waals surface area (Å²) in [7, 11) is 0. The SMILES string of the molecule is CCOC(=O)Cn1c(=NC(=O)C2CCCCC2)sc2cc3c(cc21)OCCO3. The van der Waals surface area contributed by atoms with Crippen LogP contribution in [-0.2, 0) is 20.9 Å². The number of fused-ring (bicyclic) bond motifs is 2. The minimum absolute atomic E-state index is 0.00423. The molecule has 1 amide bonds. The third-order valence-electron chi connectivity index (χ3n) is 5.10. The summed E-state index contributed by atoms with van der Waals surface area (Å²) in [6, 6.07) is 3.74. The molecule has 0 atom stereocenters. The zero-order valence-corrected chi connectivity index (χ0v) is 16.8. The predicted octanol–water partition coefficient (Wildman–Crippen LogP) is 3.04. The van der Waals surface area contributed by atoms with Crippen LogP contribution in [-0.4, -0.2) is 36.3 Å². The van der Waals surface area contributed by atoms with E-state index in [1.807, 2.05) is 12.1 Å². The van der Waals surface area contributed by atoms with Crippen LogP contribution in [0.5, 0.6) is 11.5 Å². The van der Waals surface area contributed by atoms with Gasteiger partial charge in [-0.05, 0) is 19.8 Å². The molecule has 2 aromatic rings. The number of amides is 1. The highest BCUT2D eigenvalue weighted by Crippen LogP contribution is 2.35. The van der Waals surface area contributed by atoms with Crippen molar-refractivity contribution in [1.29, 1.82) is 0 Å². The summed E-state index contributed by atoms with van der Waals surface area (Å²) in [5, 5.41) is 0. The van der Waals surface area contributed by atoms with Crippen molar-refractivity contribution in [1.82, 2.24) is 4.57 Å². The van der Waals surface area contributed by atoms with Crippen LogP contribution in [0.1, 0.15) is 39.0 Å². The zero-order chi connectivity index (χ0) is 19.5. The first-order chi connectivity index (χ1) is 13.7. The third kappa shape index (κ3) is 3.92. The predicted molar refractivity (Wildman–Crippen MR) is 105 cm³/mol. The van der Waals surface area contributed by atoms with Gasteiger partial charge in [0.1, 0.15) is 19.8 Å². The fourth-order valence-corrected chi connectivity index (χ4v) is 4.76. The summed E-state index contributed by atoms with van der Waals surface area (Å²) in [6.45, 7) is 3.07. The summed E-state index contributed by atoms with van der Waals surface area (Å²) >= 11 is 1.38. The van der Waals surface area contributed by atoms with Crippen LogP contribution >= 0.6 is 11.3 Å². The number of ether oxygens (including phenoxy) is 3. The quantitative estimate of drug-likeness (QED) is 0.732. The highest BCUT2D eigenvalue weighted by Gasteiger charge is 2.22. The van der Waals surface area contributed by atoms with Gasteiger partial charge in [-0.1, -0.05) is 30.6 Å². The third-order valence-corrected chi connectivity index (χ3v) is 6.14. The zero-order valence-electron chi connectivity index (χ0n) is 15.9. The van der Waals surface area contributed by atoms with Gasteiger partial charge in [0, 0.05) is 18.1 Å². The van der Waals surface area contributed by atoms with Crippen LogP contribution < -0.4 is 14.3 Å². The molecule has 1 saturated carbocycles. The Bertz CT molecular complexity index is 955. The number of benzene rings is 1. The lowest BCUT2D eigenvalue weighted by Crippen LogP contribution is -2.25. The molecular weight excluding hydrogens is 380 g/mol. The van der Waals surface area contributed by atoms with E-state index in [4.69, 9.17) is 14.2 Å². The maximum absolute atomic E-state index is 12.7. The Morgan fingerprint density at radius 3 is 2.61 bits per heavy atom. The highest BCUT2D eigenvalue weighted by atomic mass is 32.1. The molecule has 0 unspecified atom stereocenters. The lowest BCUT2D eigenvalue weighted by atomic mass is 9.89. The van der Waals surface area contributed by atoms with Crippen LogP contribution in [0.25, 0.3) is 10.2 Å². The van der Waals surface area contributed by atoms with Gasteiger partial charge in [0.05, 0.1) is 16.8 Å². The van der Waals surface area contributed by atoms with Crippen LogP contribution in [0.3, 0.4) is 0 Å². The van der Waals surface area contributed by atoms with E-state index in [9.17, 15) is 9.59 Å². The number of hydrogen-bond acceptors (Lipinski definition) is 6. The summed E-state index contributed by atoms with van der Waals surface area (Å²) in [4.78, 5) is 29.8. The fraction of sp³-hybridized carbons (Fsp3) is 0.550. The lowest BCUT2D eigenvalue weighted by Gasteiger charge is -2.18. The lowest BCUT2D eigenvalue weighted by molar-refractivity contribution is -0.143. The van der Waals surface area contributed by atoms with Crippen molar-refractivity contribution in [2.24, 2.45) is 10.9 Å². The number of thiazole rings is 1. The summed E-state index contributed by atoms with van der Waals surface area (Å²) in [5.74, 6) is 0.840. The summed E-state index contributed by atoms with van der Waals surface area (Å²) < 4.78 is 19.1. The molecule has 4 rings (SSSR count). The molecule has 0 N–H and O–H groups in total. The van der Waals surface area contributed by atoms with Crippen molar-refractivity contribution in [3.8, 4) is 11.5 Å². The van der Waals surface area contributed by atoms with Crippen molar-refractivity contribution < 1.29 is 23.8 Å². The van der Waals surface area contributed by atoms with Gasteiger partial charge in [0.25, 0.3) is 5.91 Å². The number of hydrogen-bond donors (Lipinski definition) is 0. The van der Waals surface area contributed by atoms with E-state index in [-0.39, 0.29) is 24.3 Å². The Hall–Kier alpha value is -2.35. The number of aromatic nitrogens is 1. The molecule has 2 aliphatic rings. The van der Waals surface area contributed by atoms with Crippen LogP contribution in [0.4, 0.5) is 0 Å². The molecule has 7 nitrogen and oxygen atoms in total. The molecular formula is C20H24N2O5S. The first-order valence-corrected chi connectivity index (χ1v) is 10.6. The van der Waals surface area contributed by atoms with E-state index in [0.717, 1.165) is 35.9 Å². The first-order valence-electron chi connectivity index (χ1n) is 9.83. The normalized spacial score (nSPS) is 17.7. The van der Waals surface area contributed by atoms with E-state index in [1.54, 1.807) is 11.5 Å². The Balaban J connectivity index is 1.77. The molecule has 1 aromatic heterocycles. The standard InChI is InChI=1S/C20H24N2O5S/c1-2-25-18(23)12-22-14-10-15-16(27-9-8-26-15)11-17(14)28-20(22)21-19(24)13-6-4-3-5-7-13/h10-11,13H,2-9,12H2,1H3. The van der Waals surface area contributed by atoms with Crippen molar-refractivity contribution in [2.45, 2.75) is 45.6 Å². The Morgan fingerprint density at radius 1 is 1.18 bits per heavy atom. The van der Waals surface area contributed by atoms with Gasteiger partial charge < -0.3 is 18.8 Å². The highest BCUT2D eigenvalue weighted by molar-refractivity contribution is 7.16. The van der Waals surface area contributed by atoms with Gasteiger partial charge in [-0.15, -0.1) is 0 Å². The van der Waals surface area contributed by atoms with Crippen LogP contribution in [0.15, 0.2) is 17.1 Å². The molecule has 1 fully saturated rings. The maximum atomic E-state index is 12.7. The Labute approximate surface area is 166 Å². The van der Waals surface area contributed by atoms with Crippen molar-refractivity contribution in [3.63, 3.8) is 0 Å². The van der Waals surface area contributed by atoms with E-state index in [2.05, 4.69) is 4.99 Å². The number of rotatable bonds is 4. The van der Waals surface area contributed by atoms with Crippen LogP contribution in [0, 0.1) is 5.92 Å². The van der Waals surface area contributed by atoms with Crippen LogP contribution in [0.2, 0.25) is 0 Å². The molecule has 1 aromatic carbocycles. The van der Waals surface area contributed by atoms with Gasteiger partial charge in [-0.25, -0.2) is 0 Å². The molecule has 8 heteroatoms. The number of esters is 1. The molecule has 1 aliphatic heterocycles. The van der Waals surface area contributed by atoms with Gasteiger partial charge in [0.15, 0.2) is 16.3 Å². The van der Waals surface area contributed by atoms with Gasteiger partial charge in [-0.2, -0.15) is 4.99 Å². The van der Waals surface area contributed by atoms with E-state index >= 15 is 0 Å². The average molecular weight is 404 g/mol. The van der Waals surface area contributed by atoms with Crippen molar-refractivity contribution in [3.05, 3.63) is 16.9 Å². The molecule has 0 spiro atoms. The molecule has 28 heavy (non-hydrogen) atoms. The van der Waals surface area contributed by atoms with Gasteiger partial charge in [0.2, 0.25) is 0 Å². The minimum atomic E-state index is -0.358. The first kappa shape index (κ1) is 19.0. The largest absolute Gasteiger partial charge is 0.486 e. The van der Waals surface area contributed by atoms with Gasteiger partial charge in [-0.3, -0.25) is 9.59 Å². The summed E-state index contributed by atoms with van der Waals surface area (Å²) in [5.41, 5.74) is 0.789. The topological polar surface area (TPSA) is 79.1 Å². The summed E-state index contributed by atoms with van der Waals surface area (Å²) in [6.07, 6.45) is 5.11. The Morgan fingerprint density at radius 2 is 1.89 bits per heavy atom. The second-order valence-electron chi connectivity index (χ2n) is 7.02. The molecule has 0 saturated heterocycles. The monoisotopic (exact) mass is 404 g/mol. The molecule has 0 bridgehead atoms. The molecule has 150 valence electrons. The minimum Gasteiger partial charge on any atom is -0.486 e. The fourth-order valence-electron chi connectivity index (χ4n) is 3.72.